The van der Waals surface area contributed by atoms with Crippen LogP contribution < -0.4 is 21.5 Å². The van der Waals surface area contributed by atoms with Crippen molar-refractivity contribution < 1.29 is 14.0 Å². The van der Waals surface area contributed by atoms with Gasteiger partial charge in [0.05, 0.1) is 0 Å². The number of aryl methyl sites for hydroxylation is 1. The van der Waals surface area contributed by atoms with Gasteiger partial charge in [-0.3, -0.25) is 24.3 Å². The van der Waals surface area contributed by atoms with Crippen LogP contribution in [0.25, 0.3) is 0 Å². The van der Waals surface area contributed by atoms with Crippen LogP contribution in [0.4, 0.5) is 10.1 Å². The molecule has 4 rings (SSSR count). The van der Waals surface area contributed by atoms with E-state index in [9.17, 15) is 23.6 Å². The van der Waals surface area contributed by atoms with Crippen LogP contribution >= 0.6 is 0 Å². The number of halogens is 1. The second-order valence-corrected chi connectivity index (χ2v) is 8.17. The second-order valence-electron chi connectivity index (χ2n) is 8.17. The van der Waals surface area contributed by atoms with Gasteiger partial charge in [-0.1, -0.05) is 54.6 Å². The number of H-pyrrole nitrogens is 2. The molecule has 182 valence electrons. The van der Waals surface area contributed by atoms with Crippen LogP contribution in [-0.4, -0.2) is 21.8 Å². The normalized spacial score (nSPS) is 11.5. The summed E-state index contributed by atoms with van der Waals surface area (Å²) < 4.78 is 13.8. The van der Waals surface area contributed by atoms with Gasteiger partial charge in [0.15, 0.2) is 0 Å². The summed E-state index contributed by atoms with van der Waals surface area (Å²) in [6.45, 7) is 2.01. The van der Waals surface area contributed by atoms with E-state index < -0.39 is 34.9 Å². The van der Waals surface area contributed by atoms with Crippen molar-refractivity contribution in [3.8, 4) is 0 Å². The second kappa shape index (κ2) is 10.6. The van der Waals surface area contributed by atoms with E-state index in [1.807, 2.05) is 48.3 Å². The van der Waals surface area contributed by atoms with E-state index in [2.05, 4.69) is 10.3 Å². The average Bonchev–Trinajstić information content (AvgIpc) is 2.86. The Labute approximate surface area is 205 Å². The molecule has 0 fully saturated rings. The lowest BCUT2D eigenvalue weighted by Gasteiger charge is -2.31. The summed E-state index contributed by atoms with van der Waals surface area (Å²) in [5.74, 6) is -1.82. The van der Waals surface area contributed by atoms with Crippen molar-refractivity contribution in [3.63, 3.8) is 0 Å². The van der Waals surface area contributed by atoms with Gasteiger partial charge >= 0.3 is 5.69 Å². The number of rotatable bonds is 7. The van der Waals surface area contributed by atoms with Crippen LogP contribution in [0.5, 0.6) is 0 Å². The molecule has 2 amide bonds. The molecule has 1 heterocycles. The first-order chi connectivity index (χ1) is 17.3. The van der Waals surface area contributed by atoms with Gasteiger partial charge in [-0.15, -0.1) is 0 Å². The first kappa shape index (κ1) is 24.3. The number of aromatic nitrogens is 2. The molecule has 0 aliphatic carbocycles. The number of carbonyl (C=O) groups is 2. The zero-order valence-corrected chi connectivity index (χ0v) is 19.3. The third-order valence-electron chi connectivity index (χ3n) is 5.49. The number of benzene rings is 3. The lowest BCUT2D eigenvalue weighted by molar-refractivity contribution is -0.122. The Morgan fingerprint density at radius 3 is 2.31 bits per heavy atom. The third kappa shape index (κ3) is 5.64. The Morgan fingerprint density at radius 2 is 1.64 bits per heavy atom. The van der Waals surface area contributed by atoms with E-state index >= 15 is 0 Å². The van der Waals surface area contributed by atoms with Gasteiger partial charge in [0.25, 0.3) is 11.5 Å². The smallest absolute Gasteiger partial charge is 0.326 e. The maximum Gasteiger partial charge on any atom is 0.326 e. The van der Waals surface area contributed by atoms with Crippen molar-refractivity contribution >= 4 is 17.5 Å². The van der Waals surface area contributed by atoms with Crippen LogP contribution in [0.1, 0.15) is 33.2 Å². The van der Waals surface area contributed by atoms with Crippen molar-refractivity contribution in [1.82, 2.24) is 15.3 Å². The molecule has 0 saturated heterocycles. The van der Waals surface area contributed by atoms with E-state index in [0.717, 1.165) is 17.2 Å². The summed E-state index contributed by atoms with van der Waals surface area (Å²) in [7, 11) is 0. The molecule has 0 aliphatic rings. The number of nitrogens with one attached hydrogen (secondary N) is 3. The Balaban J connectivity index is 1.83. The van der Waals surface area contributed by atoms with Crippen molar-refractivity contribution in [2.24, 2.45) is 0 Å². The highest BCUT2D eigenvalue weighted by atomic mass is 19.1. The van der Waals surface area contributed by atoms with Crippen LogP contribution in [0, 0.1) is 12.7 Å². The minimum Gasteiger partial charge on any atom is -0.350 e. The monoisotopic (exact) mass is 486 g/mol. The number of amides is 2. The van der Waals surface area contributed by atoms with E-state index in [0.29, 0.717) is 11.3 Å². The quantitative estimate of drug-likeness (QED) is 0.372. The molecule has 36 heavy (non-hydrogen) atoms. The third-order valence-corrected chi connectivity index (χ3v) is 5.49. The maximum atomic E-state index is 13.8. The van der Waals surface area contributed by atoms with Crippen molar-refractivity contribution in [2.45, 2.75) is 19.5 Å². The highest BCUT2D eigenvalue weighted by molar-refractivity contribution is 6.09. The summed E-state index contributed by atoms with van der Waals surface area (Å²) in [4.78, 5) is 56.8. The molecular weight excluding hydrogens is 463 g/mol. The largest absolute Gasteiger partial charge is 0.350 e. The van der Waals surface area contributed by atoms with E-state index in [4.69, 9.17) is 0 Å². The van der Waals surface area contributed by atoms with Gasteiger partial charge in [0.1, 0.15) is 17.6 Å². The van der Waals surface area contributed by atoms with Crippen molar-refractivity contribution in [1.29, 1.82) is 0 Å². The molecule has 8 nitrogen and oxygen atoms in total. The predicted molar refractivity (Wildman–Crippen MR) is 133 cm³/mol. The lowest BCUT2D eigenvalue weighted by atomic mass is 10.0. The lowest BCUT2D eigenvalue weighted by Crippen LogP contribution is -2.45. The molecule has 4 aromatic rings. The molecular formula is C27H23FN4O4. The molecule has 1 aromatic heterocycles. The Morgan fingerprint density at radius 1 is 0.917 bits per heavy atom. The van der Waals surface area contributed by atoms with Crippen molar-refractivity contribution in [3.05, 3.63) is 134 Å². The van der Waals surface area contributed by atoms with Gasteiger partial charge < -0.3 is 10.3 Å². The van der Waals surface area contributed by atoms with Gasteiger partial charge in [0.2, 0.25) is 5.91 Å². The van der Waals surface area contributed by atoms with E-state index in [-0.39, 0.29) is 12.2 Å². The standard InChI is InChI=1S/C27H23FN4O4/c1-17-6-5-9-21(14-17)32(26(35)22-15-23(33)31-27(36)30-22)24(19-10-12-20(28)13-11-19)25(34)29-16-18-7-3-2-4-8-18/h2-15,24H,16H2,1H3,(H,29,34)(H2,30,31,33,36). The molecule has 1 unspecified atom stereocenters. The fourth-order valence-electron chi connectivity index (χ4n) is 3.82. The highest BCUT2D eigenvalue weighted by Crippen LogP contribution is 2.30. The molecule has 0 bridgehead atoms. The summed E-state index contributed by atoms with van der Waals surface area (Å²) in [5.41, 5.74) is 0.422. The molecule has 0 radical (unpaired) electrons. The number of hydrogen-bond donors (Lipinski definition) is 3. The van der Waals surface area contributed by atoms with E-state index in [1.165, 1.54) is 29.2 Å². The minimum atomic E-state index is -1.24. The van der Waals surface area contributed by atoms with Crippen LogP contribution in [0.2, 0.25) is 0 Å². The Hall–Kier alpha value is -4.79. The summed E-state index contributed by atoms with van der Waals surface area (Å²) in [6.07, 6.45) is 0. The highest BCUT2D eigenvalue weighted by Gasteiger charge is 2.34. The maximum absolute atomic E-state index is 13.8. The minimum absolute atomic E-state index is 0.190. The van der Waals surface area contributed by atoms with Gasteiger partial charge in [-0.05, 0) is 47.9 Å². The fraction of sp³-hybridized carbons (Fsp3) is 0.111. The van der Waals surface area contributed by atoms with Gasteiger partial charge in [-0.25, -0.2) is 9.18 Å². The summed E-state index contributed by atoms with van der Waals surface area (Å²) >= 11 is 0. The Bertz CT molecular complexity index is 1470. The summed E-state index contributed by atoms with van der Waals surface area (Å²) in [5, 5.41) is 2.84. The van der Waals surface area contributed by atoms with Crippen LogP contribution in [0.15, 0.2) is 94.5 Å². The SMILES string of the molecule is Cc1cccc(N(C(=O)c2cc(=O)[nH]c(=O)[nH]2)C(C(=O)NCc2ccccc2)c2ccc(F)cc2)c1. The molecule has 0 spiro atoms. The zero-order chi connectivity index (χ0) is 25.7. The average molecular weight is 487 g/mol. The molecule has 3 N–H and O–H groups in total. The Kier molecular flexibility index (Phi) is 7.20. The van der Waals surface area contributed by atoms with Crippen LogP contribution in [0.3, 0.4) is 0 Å². The first-order valence-corrected chi connectivity index (χ1v) is 11.1. The topological polar surface area (TPSA) is 115 Å². The van der Waals surface area contributed by atoms with Crippen LogP contribution in [-0.2, 0) is 11.3 Å². The molecule has 0 aliphatic heterocycles. The zero-order valence-electron chi connectivity index (χ0n) is 19.3. The number of hydrogen-bond acceptors (Lipinski definition) is 4. The molecule has 9 heteroatoms. The predicted octanol–water partition coefficient (Wildman–Crippen LogP) is 3.22. The van der Waals surface area contributed by atoms with E-state index in [1.54, 1.807) is 18.2 Å². The number of nitrogens with zero attached hydrogens (tertiary/aromatic N) is 1. The molecule has 3 aromatic carbocycles. The fourth-order valence-corrected chi connectivity index (χ4v) is 3.82. The summed E-state index contributed by atoms with van der Waals surface area (Å²) in [6, 6.07) is 21.0. The first-order valence-electron chi connectivity index (χ1n) is 11.1. The molecule has 0 saturated carbocycles. The number of carbonyl (C=O) groups excluding carboxylic acids is 2. The number of aromatic amines is 2. The molecule has 1 atom stereocenters. The van der Waals surface area contributed by atoms with Gasteiger partial charge in [-0.2, -0.15) is 0 Å². The van der Waals surface area contributed by atoms with Gasteiger partial charge in [0, 0.05) is 18.3 Å². The number of anilines is 1. The van der Waals surface area contributed by atoms with Crippen molar-refractivity contribution in [2.75, 3.05) is 4.90 Å².